The maximum Gasteiger partial charge on any atom is 0.258 e. The first-order valence-electron chi connectivity index (χ1n) is 8.70. The minimum atomic E-state index is -0.263. The van der Waals surface area contributed by atoms with Gasteiger partial charge in [-0.1, -0.05) is 35.3 Å². The number of rotatable bonds is 7. The van der Waals surface area contributed by atoms with Gasteiger partial charge in [-0.25, -0.2) is 0 Å². The van der Waals surface area contributed by atoms with Gasteiger partial charge in [0.2, 0.25) is 5.91 Å². The molecule has 1 saturated carbocycles. The Hall–Kier alpha value is -2.24. The van der Waals surface area contributed by atoms with Gasteiger partial charge in [0.25, 0.3) is 5.91 Å². The Labute approximate surface area is 168 Å². The monoisotopic (exact) mass is 406 g/mol. The fraction of sp³-hybridized carbons (Fsp3) is 0.300. The predicted molar refractivity (Wildman–Crippen MR) is 106 cm³/mol. The van der Waals surface area contributed by atoms with E-state index < -0.39 is 0 Å². The molecular formula is C20H20Cl2N2O3. The lowest BCUT2D eigenvalue weighted by Crippen LogP contribution is -2.31. The molecule has 7 heteroatoms. The van der Waals surface area contributed by atoms with Gasteiger partial charge in [-0.2, -0.15) is 0 Å². The van der Waals surface area contributed by atoms with Crippen molar-refractivity contribution in [2.24, 2.45) is 5.92 Å². The molecule has 0 aliphatic heterocycles. The highest BCUT2D eigenvalue weighted by atomic mass is 35.5. The molecule has 5 nitrogen and oxygen atoms in total. The van der Waals surface area contributed by atoms with E-state index in [4.69, 9.17) is 27.9 Å². The topological polar surface area (TPSA) is 67.4 Å². The van der Waals surface area contributed by atoms with Gasteiger partial charge in [0, 0.05) is 17.7 Å². The molecule has 0 radical (unpaired) electrons. The maximum absolute atomic E-state index is 12.1. The molecular weight excluding hydrogens is 387 g/mol. The van der Waals surface area contributed by atoms with Crippen molar-refractivity contribution >= 4 is 40.7 Å². The lowest BCUT2D eigenvalue weighted by molar-refractivity contribution is -0.123. The molecule has 3 rings (SSSR count). The maximum atomic E-state index is 12.1. The Morgan fingerprint density at radius 3 is 2.63 bits per heavy atom. The first kappa shape index (κ1) is 19.5. The van der Waals surface area contributed by atoms with Crippen LogP contribution in [0.4, 0.5) is 5.69 Å². The summed E-state index contributed by atoms with van der Waals surface area (Å²) in [6.45, 7) is 1.72. The van der Waals surface area contributed by atoms with E-state index in [-0.39, 0.29) is 30.4 Å². The van der Waals surface area contributed by atoms with Crippen molar-refractivity contribution in [2.45, 2.75) is 25.8 Å². The second-order valence-corrected chi connectivity index (χ2v) is 7.36. The summed E-state index contributed by atoms with van der Waals surface area (Å²) >= 11 is 11.9. The molecule has 142 valence electrons. The molecule has 1 aliphatic rings. The summed E-state index contributed by atoms with van der Waals surface area (Å²) < 4.78 is 5.54. The van der Waals surface area contributed by atoms with Gasteiger partial charge in [0.1, 0.15) is 5.75 Å². The third kappa shape index (κ3) is 5.62. The van der Waals surface area contributed by atoms with E-state index in [0.717, 1.165) is 18.4 Å². The zero-order valence-corrected chi connectivity index (χ0v) is 16.3. The van der Waals surface area contributed by atoms with E-state index in [1.165, 1.54) is 0 Å². The molecule has 0 spiro atoms. The first-order valence-corrected chi connectivity index (χ1v) is 9.46. The number of carbonyl (C=O) groups is 2. The Morgan fingerprint density at radius 1 is 1.15 bits per heavy atom. The third-order valence-electron chi connectivity index (χ3n) is 4.24. The summed E-state index contributed by atoms with van der Waals surface area (Å²) in [7, 11) is 0. The smallest absolute Gasteiger partial charge is 0.258 e. The van der Waals surface area contributed by atoms with Crippen molar-refractivity contribution in [3.05, 3.63) is 58.1 Å². The van der Waals surface area contributed by atoms with Gasteiger partial charge in [0.05, 0.1) is 16.1 Å². The van der Waals surface area contributed by atoms with Crippen LogP contribution in [0.3, 0.4) is 0 Å². The van der Waals surface area contributed by atoms with Crippen LogP contribution in [0.15, 0.2) is 42.5 Å². The zero-order chi connectivity index (χ0) is 19.4. The average Bonchev–Trinajstić information content (AvgIpc) is 3.48. The van der Waals surface area contributed by atoms with Crippen LogP contribution in [0.5, 0.6) is 5.75 Å². The molecule has 0 bridgehead atoms. The quantitative estimate of drug-likeness (QED) is 0.705. The third-order valence-corrected chi connectivity index (χ3v) is 4.98. The van der Waals surface area contributed by atoms with Gasteiger partial charge < -0.3 is 15.4 Å². The average molecular weight is 407 g/mol. The molecule has 1 fully saturated rings. The van der Waals surface area contributed by atoms with Crippen molar-refractivity contribution in [2.75, 3.05) is 11.9 Å². The first-order chi connectivity index (χ1) is 12.9. The molecule has 2 N–H and O–H groups in total. The van der Waals surface area contributed by atoms with E-state index >= 15 is 0 Å². The SMILES string of the molecule is CC(NC(=O)COc1cccc(NC(=O)C2CC2)c1)c1ccc(Cl)c(Cl)c1. The van der Waals surface area contributed by atoms with Gasteiger partial charge in [-0.3, -0.25) is 9.59 Å². The van der Waals surface area contributed by atoms with Gasteiger partial charge in [0.15, 0.2) is 6.61 Å². The highest BCUT2D eigenvalue weighted by Gasteiger charge is 2.29. The lowest BCUT2D eigenvalue weighted by atomic mass is 10.1. The van der Waals surface area contributed by atoms with Crippen LogP contribution in [0.2, 0.25) is 10.0 Å². The normalized spacial score (nSPS) is 14.3. The fourth-order valence-electron chi connectivity index (χ4n) is 2.55. The van der Waals surface area contributed by atoms with Crippen LogP contribution in [0, 0.1) is 5.92 Å². The van der Waals surface area contributed by atoms with Crippen LogP contribution in [-0.2, 0) is 9.59 Å². The van der Waals surface area contributed by atoms with E-state index in [9.17, 15) is 9.59 Å². The summed E-state index contributed by atoms with van der Waals surface area (Å²) in [5, 5.41) is 6.61. The number of hydrogen-bond acceptors (Lipinski definition) is 3. The molecule has 2 aromatic carbocycles. The van der Waals surface area contributed by atoms with Crippen molar-refractivity contribution < 1.29 is 14.3 Å². The van der Waals surface area contributed by atoms with Crippen LogP contribution in [-0.4, -0.2) is 18.4 Å². The Balaban J connectivity index is 1.51. The highest BCUT2D eigenvalue weighted by molar-refractivity contribution is 6.42. The highest BCUT2D eigenvalue weighted by Crippen LogP contribution is 2.30. The number of amides is 2. The Bertz CT molecular complexity index is 853. The van der Waals surface area contributed by atoms with Crippen molar-refractivity contribution in [3.8, 4) is 5.75 Å². The fourth-order valence-corrected chi connectivity index (χ4v) is 2.86. The van der Waals surface area contributed by atoms with Gasteiger partial charge in [-0.05, 0) is 49.6 Å². The van der Waals surface area contributed by atoms with Crippen molar-refractivity contribution in [3.63, 3.8) is 0 Å². The summed E-state index contributed by atoms with van der Waals surface area (Å²) in [5.41, 5.74) is 1.51. The number of anilines is 1. The van der Waals surface area contributed by atoms with Crippen LogP contribution >= 0.6 is 23.2 Å². The predicted octanol–water partition coefficient (Wildman–Crippen LogP) is 4.60. The van der Waals surface area contributed by atoms with Crippen LogP contribution in [0.1, 0.15) is 31.4 Å². The second kappa shape index (κ2) is 8.63. The Kier molecular flexibility index (Phi) is 6.24. The van der Waals surface area contributed by atoms with E-state index in [1.54, 1.807) is 36.4 Å². The molecule has 0 aromatic heterocycles. The molecule has 27 heavy (non-hydrogen) atoms. The standard InChI is InChI=1S/C20H20Cl2N2O3/c1-12(14-7-8-17(21)18(22)9-14)23-19(25)11-27-16-4-2-3-15(10-16)24-20(26)13-5-6-13/h2-4,7-10,12-13H,5-6,11H2,1H3,(H,23,25)(H,24,26). The Morgan fingerprint density at radius 2 is 1.93 bits per heavy atom. The molecule has 1 aliphatic carbocycles. The number of carbonyl (C=O) groups excluding carboxylic acids is 2. The second-order valence-electron chi connectivity index (χ2n) is 6.54. The number of nitrogens with one attached hydrogen (secondary N) is 2. The molecule has 2 aromatic rings. The molecule has 0 heterocycles. The van der Waals surface area contributed by atoms with Crippen molar-refractivity contribution in [1.82, 2.24) is 5.32 Å². The number of ether oxygens (including phenoxy) is 1. The minimum Gasteiger partial charge on any atom is -0.484 e. The molecule has 1 unspecified atom stereocenters. The van der Waals surface area contributed by atoms with E-state index in [0.29, 0.717) is 21.5 Å². The number of benzene rings is 2. The summed E-state index contributed by atoms with van der Waals surface area (Å²) in [6, 6.07) is 12.0. The van der Waals surface area contributed by atoms with E-state index in [1.807, 2.05) is 13.0 Å². The molecule has 1 atom stereocenters. The van der Waals surface area contributed by atoms with Gasteiger partial charge in [-0.15, -0.1) is 0 Å². The number of hydrogen-bond donors (Lipinski definition) is 2. The van der Waals surface area contributed by atoms with Crippen LogP contribution in [0.25, 0.3) is 0 Å². The van der Waals surface area contributed by atoms with E-state index in [2.05, 4.69) is 10.6 Å². The lowest BCUT2D eigenvalue weighted by Gasteiger charge is -2.15. The molecule has 2 amide bonds. The summed E-state index contributed by atoms with van der Waals surface area (Å²) in [4.78, 5) is 24.0. The summed E-state index contributed by atoms with van der Waals surface area (Å²) in [6.07, 6.45) is 1.89. The minimum absolute atomic E-state index is 0.0281. The molecule has 0 saturated heterocycles. The summed E-state index contributed by atoms with van der Waals surface area (Å²) in [5.74, 6) is 0.408. The van der Waals surface area contributed by atoms with Crippen LogP contribution < -0.4 is 15.4 Å². The number of halogens is 2. The zero-order valence-electron chi connectivity index (χ0n) is 14.8. The largest absolute Gasteiger partial charge is 0.484 e. The van der Waals surface area contributed by atoms with Gasteiger partial charge >= 0.3 is 0 Å². The van der Waals surface area contributed by atoms with Crippen molar-refractivity contribution in [1.29, 1.82) is 0 Å².